The molecule has 0 saturated carbocycles. The number of hydrogen-bond donors (Lipinski definition) is 0. The van der Waals surface area contributed by atoms with Crippen molar-refractivity contribution in [1.29, 1.82) is 0 Å². The summed E-state index contributed by atoms with van der Waals surface area (Å²) in [5, 5.41) is 0.812. The summed E-state index contributed by atoms with van der Waals surface area (Å²) < 4.78 is 22.9. The number of ether oxygens (including phenoxy) is 4. The molecule has 10 heteroatoms. The molecule has 1 aliphatic rings. The number of benzene rings is 2. The lowest BCUT2D eigenvalue weighted by molar-refractivity contribution is 0.0412. The van der Waals surface area contributed by atoms with Gasteiger partial charge in [-0.3, -0.25) is 0 Å². The van der Waals surface area contributed by atoms with Crippen molar-refractivity contribution in [2.75, 3.05) is 20.3 Å². The Morgan fingerprint density at radius 3 is 2.88 bits per heavy atom. The van der Waals surface area contributed by atoms with Crippen LogP contribution in [0.1, 0.15) is 11.1 Å². The van der Waals surface area contributed by atoms with Crippen LogP contribution in [-0.2, 0) is 4.74 Å². The minimum atomic E-state index is -0.871. The van der Waals surface area contributed by atoms with Gasteiger partial charge in [0, 0.05) is 17.2 Å². The first-order valence-electron chi connectivity index (χ1n) is 9.80. The maximum Gasteiger partial charge on any atom is 0.403 e. The molecule has 0 aliphatic carbocycles. The van der Waals surface area contributed by atoms with E-state index >= 15 is 0 Å². The van der Waals surface area contributed by atoms with Crippen molar-refractivity contribution >= 4 is 49.6 Å². The zero-order chi connectivity index (χ0) is 22.4. The van der Waals surface area contributed by atoms with Crippen LogP contribution in [0.4, 0.5) is 4.79 Å². The molecule has 0 amide bonds. The van der Waals surface area contributed by atoms with Gasteiger partial charge in [0.25, 0.3) is 0 Å². The van der Waals surface area contributed by atoms with Gasteiger partial charge in [0.2, 0.25) is 5.88 Å². The molecule has 164 valence electrons. The lowest BCUT2D eigenvalue weighted by Crippen LogP contribution is -2.33. The van der Waals surface area contributed by atoms with Crippen LogP contribution in [0, 0.1) is 13.8 Å². The highest BCUT2D eigenvalue weighted by Crippen LogP contribution is 2.46. The topological polar surface area (TPSA) is 92.7 Å². The van der Waals surface area contributed by atoms with Crippen LogP contribution >= 0.6 is 22.9 Å². The van der Waals surface area contributed by atoms with Gasteiger partial charge < -0.3 is 18.9 Å². The van der Waals surface area contributed by atoms with Gasteiger partial charge in [-0.25, -0.2) is 19.7 Å². The number of fused-ring (bicyclic) bond motifs is 4. The highest BCUT2D eigenvalue weighted by Gasteiger charge is 2.27. The molecule has 1 atom stereocenters. The average molecular weight is 472 g/mol. The summed E-state index contributed by atoms with van der Waals surface area (Å²) in [5.74, 6) is 1.68. The van der Waals surface area contributed by atoms with Crippen molar-refractivity contribution in [3.63, 3.8) is 0 Å². The monoisotopic (exact) mass is 471 g/mol. The molecule has 1 aliphatic heterocycles. The molecule has 2 aromatic heterocycles. The average Bonchev–Trinajstić information content (AvgIpc) is 3.22. The van der Waals surface area contributed by atoms with E-state index in [2.05, 4.69) is 16.0 Å². The van der Waals surface area contributed by atoms with E-state index in [0.29, 0.717) is 17.4 Å². The van der Waals surface area contributed by atoms with Crippen LogP contribution in [0.2, 0.25) is 0 Å². The fraction of sp³-hybridized carbons (Fsp3) is 0.273. The molecule has 2 aromatic carbocycles. The van der Waals surface area contributed by atoms with Gasteiger partial charge in [0.05, 0.1) is 29.9 Å². The smallest absolute Gasteiger partial charge is 0.403 e. The third kappa shape index (κ3) is 3.67. The van der Waals surface area contributed by atoms with Crippen molar-refractivity contribution in [2.45, 2.75) is 20.0 Å². The molecule has 4 aromatic rings. The lowest BCUT2D eigenvalue weighted by Gasteiger charge is -2.26. The van der Waals surface area contributed by atoms with Gasteiger partial charge in [-0.15, -0.1) is 11.3 Å². The Morgan fingerprint density at radius 2 is 2.09 bits per heavy atom. The van der Waals surface area contributed by atoms with Crippen LogP contribution in [0.3, 0.4) is 0 Å². The normalized spacial score (nSPS) is 15.2. The van der Waals surface area contributed by atoms with E-state index in [4.69, 9.17) is 35.5 Å². The van der Waals surface area contributed by atoms with E-state index < -0.39 is 11.5 Å². The fourth-order valence-electron chi connectivity index (χ4n) is 3.66. The number of halogens is 1. The fourth-order valence-corrected chi connectivity index (χ4v) is 4.88. The van der Waals surface area contributed by atoms with E-state index in [1.165, 1.54) is 11.3 Å². The van der Waals surface area contributed by atoms with Crippen molar-refractivity contribution in [1.82, 2.24) is 15.0 Å². The van der Waals surface area contributed by atoms with Crippen LogP contribution in [0.5, 0.6) is 17.4 Å². The number of hydrogen-bond acceptors (Lipinski definition) is 9. The highest BCUT2D eigenvalue weighted by atomic mass is 35.5. The largest absolute Gasteiger partial charge is 0.484 e. The number of nitrogens with zero attached hydrogens (tertiary/aromatic N) is 3. The first-order valence-corrected chi connectivity index (χ1v) is 11.0. The van der Waals surface area contributed by atoms with Crippen LogP contribution < -0.4 is 14.2 Å². The molecule has 0 fully saturated rings. The minimum absolute atomic E-state index is 0.0181. The summed E-state index contributed by atoms with van der Waals surface area (Å²) in [6, 6.07) is 5.91. The number of aryl methyl sites for hydroxylation is 2. The minimum Gasteiger partial charge on any atom is -0.484 e. The summed E-state index contributed by atoms with van der Waals surface area (Å²) in [7, 11) is 1.57. The molecule has 1 unspecified atom stereocenters. The molecular formula is C22H18ClN3O5S. The third-order valence-electron chi connectivity index (χ3n) is 5.08. The number of carbonyl (C=O) groups excluding carboxylic acids is 1. The third-order valence-corrected chi connectivity index (χ3v) is 6.27. The predicted octanol–water partition coefficient (Wildman–Crippen LogP) is 5.05. The van der Waals surface area contributed by atoms with Crippen LogP contribution in [-0.4, -0.2) is 46.8 Å². The van der Waals surface area contributed by atoms with E-state index in [9.17, 15) is 4.79 Å². The zero-order valence-corrected chi connectivity index (χ0v) is 19.0. The molecule has 0 bridgehead atoms. The van der Waals surface area contributed by atoms with Gasteiger partial charge >= 0.3 is 5.43 Å². The Morgan fingerprint density at radius 1 is 1.25 bits per heavy atom. The first-order chi connectivity index (χ1) is 15.4. The maximum absolute atomic E-state index is 10.9. The van der Waals surface area contributed by atoms with Gasteiger partial charge in [0.1, 0.15) is 22.9 Å². The second-order valence-electron chi connectivity index (χ2n) is 7.41. The summed E-state index contributed by atoms with van der Waals surface area (Å²) in [6.07, 6.45) is 1.17. The van der Waals surface area contributed by atoms with Crippen molar-refractivity contribution in [2.24, 2.45) is 0 Å². The van der Waals surface area contributed by atoms with E-state index in [1.54, 1.807) is 13.3 Å². The molecule has 0 radical (unpaired) electrons. The molecular weight excluding hydrogens is 454 g/mol. The Labute approximate surface area is 192 Å². The second kappa shape index (κ2) is 8.07. The van der Waals surface area contributed by atoms with E-state index in [0.717, 1.165) is 42.9 Å². The van der Waals surface area contributed by atoms with Crippen molar-refractivity contribution in [3.05, 3.63) is 35.5 Å². The standard InChI is InChI=1S/C22H18ClN3O5S/c1-10-4-13(18-14(5-10)25-16(28-3)7-24-18)21-26-17-11(2)6-15-19(20(17)32-21)29-8-12(31-15)9-30-22(23)27/h4-7,12H,8-9H2,1-3H3. The lowest BCUT2D eigenvalue weighted by atomic mass is 10.1. The number of methoxy groups -OCH3 is 1. The summed E-state index contributed by atoms with van der Waals surface area (Å²) >= 11 is 6.76. The second-order valence-corrected chi connectivity index (χ2v) is 8.72. The molecule has 3 heterocycles. The first kappa shape index (κ1) is 20.7. The molecule has 32 heavy (non-hydrogen) atoms. The number of thiazole rings is 1. The summed E-state index contributed by atoms with van der Waals surface area (Å²) in [5.41, 5.74) is 4.36. The Hall–Kier alpha value is -3.17. The van der Waals surface area contributed by atoms with Crippen LogP contribution in [0.25, 0.3) is 31.8 Å². The van der Waals surface area contributed by atoms with E-state index in [-0.39, 0.29) is 13.2 Å². The molecule has 0 spiro atoms. The molecule has 0 N–H and O–H groups in total. The Kier molecular flexibility index (Phi) is 5.22. The predicted molar refractivity (Wildman–Crippen MR) is 121 cm³/mol. The van der Waals surface area contributed by atoms with Crippen molar-refractivity contribution in [3.8, 4) is 28.0 Å². The van der Waals surface area contributed by atoms with E-state index in [1.807, 2.05) is 26.0 Å². The van der Waals surface area contributed by atoms with Gasteiger partial charge in [0.15, 0.2) is 17.6 Å². The van der Waals surface area contributed by atoms with Gasteiger partial charge in [-0.2, -0.15) is 0 Å². The maximum atomic E-state index is 10.9. The van der Waals surface area contributed by atoms with Crippen molar-refractivity contribution < 1.29 is 23.7 Å². The van der Waals surface area contributed by atoms with Crippen LogP contribution in [0.15, 0.2) is 24.4 Å². The van der Waals surface area contributed by atoms with Gasteiger partial charge in [-0.05, 0) is 43.2 Å². The number of rotatable bonds is 4. The number of aromatic nitrogens is 3. The SMILES string of the molecule is COc1cnc2c(-c3nc4c(C)cc5c(c4s3)OCC(COC(=O)Cl)O5)cc(C)cc2n1. The quantitative estimate of drug-likeness (QED) is 0.382. The zero-order valence-electron chi connectivity index (χ0n) is 17.5. The highest BCUT2D eigenvalue weighted by molar-refractivity contribution is 7.22. The summed E-state index contributed by atoms with van der Waals surface area (Å²) in [4.78, 5) is 24.9. The molecule has 5 rings (SSSR count). The summed E-state index contributed by atoms with van der Waals surface area (Å²) in [6.45, 7) is 4.23. The molecule has 8 nitrogen and oxygen atoms in total. The van der Waals surface area contributed by atoms with Gasteiger partial charge in [-0.1, -0.05) is 0 Å². The molecule has 0 saturated heterocycles. The Bertz CT molecular complexity index is 1370. The Balaban J connectivity index is 1.59. The number of carbonyl (C=O) groups is 1.